The number of likely N-dealkylation sites (tertiary alicyclic amines) is 1. The maximum Gasteiger partial charge on any atom is 0.0152 e. The summed E-state index contributed by atoms with van der Waals surface area (Å²) in [5.74, 6) is 6.15. The quantitative estimate of drug-likeness (QED) is 0.660. The highest BCUT2D eigenvalue weighted by molar-refractivity contribution is 5.85. The first-order chi connectivity index (χ1) is 11.8. The van der Waals surface area contributed by atoms with Crippen molar-refractivity contribution in [1.82, 2.24) is 4.90 Å². The van der Waals surface area contributed by atoms with Gasteiger partial charge in [-0.1, -0.05) is 24.3 Å². The van der Waals surface area contributed by atoms with Crippen LogP contribution < -0.4 is 0 Å². The molecular formula is C23H32ClN. The van der Waals surface area contributed by atoms with Crippen LogP contribution in [0.2, 0.25) is 0 Å². The molecule has 1 heterocycles. The zero-order valence-corrected chi connectivity index (χ0v) is 16.1. The van der Waals surface area contributed by atoms with Crippen LogP contribution in [0.4, 0.5) is 0 Å². The highest BCUT2D eigenvalue weighted by Crippen LogP contribution is 2.56. The van der Waals surface area contributed by atoms with Crippen molar-refractivity contribution in [2.75, 3.05) is 13.1 Å². The molecule has 7 rings (SSSR count). The molecule has 0 amide bonds. The van der Waals surface area contributed by atoms with Crippen molar-refractivity contribution >= 4 is 12.4 Å². The molecule has 2 atom stereocenters. The Morgan fingerprint density at radius 2 is 1.52 bits per heavy atom. The summed E-state index contributed by atoms with van der Waals surface area (Å²) in [4.78, 5) is 3.00. The van der Waals surface area contributed by atoms with E-state index >= 15 is 0 Å². The molecule has 0 radical (unpaired) electrons. The van der Waals surface area contributed by atoms with Gasteiger partial charge >= 0.3 is 0 Å². The number of piperidine rings is 1. The van der Waals surface area contributed by atoms with Gasteiger partial charge < -0.3 is 0 Å². The SMILES string of the molecule is Cl.c1ccc2c(c1)CC[C@H]1CN(C3C4CC5CC(C4)CC3C5)CC[C@@H]21. The third kappa shape index (κ3) is 2.60. The van der Waals surface area contributed by atoms with Crippen LogP contribution in [0, 0.1) is 29.6 Å². The van der Waals surface area contributed by atoms with Crippen molar-refractivity contribution in [2.45, 2.75) is 63.3 Å². The fourth-order valence-electron chi connectivity index (χ4n) is 7.99. The summed E-state index contributed by atoms with van der Waals surface area (Å²) in [6.07, 6.45) is 12.1. The van der Waals surface area contributed by atoms with Gasteiger partial charge in [0.1, 0.15) is 0 Å². The molecule has 0 aromatic heterocycles. The second-order valence-corrected chi connectivity index (χ2v) is 9.81. The highest BCUT2D eigenvalue weighted by atomic mass is 35.5. The molecule has 1 aromatic carbocycles. The Hall–Kier alpha value is -0.530. The number of aryl methyl sites for hydroxylation is 1. The van der Waals surface area contributed by atoms with Gasteiger partial charge in [-0.2, -0.15) is 0 Å². The third-order valence-corrected chi connectivity index (χ3v) is 8.60. The van der Waals surface area contributed by atoms with Crippen molar-refractivity contribution in [3.8, 4) is 0 Å². The molecular weight excluding hydrogens is 326 g/mol. The van der Waals surface area contributed by atoms with Crippen molar-refractivity contribution < 1.29 is 0 Å². The normalized spacial score (nSPS) is 44.7. The van der Waals surface area contributed by atoms with Crippen molar-refractivity contribution in [3.05, 3.63) is 35.4 Å². The fraction of sp³-hybridized carbons (Fsp3) is 0.739. The van der Waals surface area contributed by atoms with E-state index in [-0.39, 0.29) is 12.4 Å². The van der Waals surface area contributed by atoms with Crippen LogP contribution >= 0.6 is 12.4 Å². The summed E-state index contributed by atoms with van der Waals surface area (Å²) in [5.41, 5.74) is 3.36. The minimum absolute atomic E-state index is 0. The summed E-state index contributed by atoms with van der Waals surface area (Å²) in [6.45, 7) is 2.79. The summed E-state index contributed by atoms with van der Waals surface area (Å²) >= 11 is 0. The van der Waals surface area contributed by atoms with E-state index in [1.807, 2.05) is 0 Å². The van der Waals surface area contributed by atoms with Gasteiger partial charge in [0.2, 0.25) is 0 Å². The molecule has 0 unspecified atom stereocenters. The molecule has 5 aliphatic carbocycles. The van der Waals surface area contributed by atoms with Gasteiger partial charge in [-0.15, -0.1) is 12.4 Å². The van der Waals surface area contributed by atoms with Crippen LogP contribution in [0.15, 0.2) is 24.3 Å². The topological polar surface area (TPSA) is 3.24 Å². The van der Waals surface area contributed by atoms with Gasteiger partial charge in [-0.25, -0.2) is 0 Å². The lowest BCUT2D eigenvalue weighted by Crippen LogP contribution is -2.58. The Morgan fingerprint density at radius 1 is 0.800 bits per heavy atom. The number of nitrogens with zero attached hydrogens (tertiary/aromatic N) is 1. The molecule has 2 heteroatoms. The van der Waals surface area contributed by atoms with E-state index in [1.54, 1.807) is 43.2 Å². The predicted molar refractivity (Wildman–Crippen MR) is 105 cm³/mol. The number of fused-ring (bicyclic) bond motifs is 3. The van der Waals surface area contributed by atoms with Crippen LogP contribution in [0.25, 0.3) is 0 Å². The van der Waals surface area contributed by atoms with Crippen molar-refractivity contribution in [3.63, 3.8) is 0 Å². The highest BCUT2D eigenvalue weighted by Gasteiger charge is 2.51. The van der Waals surface area contributed by atoms with E-state index < -0.39 is 0 Å². The van der Waals surface area contributed by atoms with Crippen LogP contribution in [-0.4, -0.2) is 24.0 Å². The largest absolute Gasteiger partial charge is 0.300 e. The number of hydrogen-bond donors (Lipinski definition) is 0. The molecule has 25 heavy (non-hydrogen) atoms. The predicted octanol–water partition coefficient (Wildman–Crippen LogP) is 5.28. The molecule has 1 aliphatic heterocycles. The number of halogens is 1. The molecule has 0 spiro atoms. The van der Waals surface area contributed by atoms with Crippen LogP contribution in [-0.2, 0) is 6.42 Å². The lowest BCUT2D eigenvalue weighted by molar-refractivity contribution is -0.0789. The Morgan fingerprint density at radius 3 is 2.28 bits per heavy atom. The maximum absolute atomic E-state index is 3.00. The third-order valence-electron chi connectivity index (χ3n) is 8.60. The first-order valence-corrected chi connectivity index (χ1v) is 10.7. The summed E-state index contributed by atoms with van der Waals surface area (Å²) in [7, 11) is 0. The average molecular weight is 358 g/mol. The lowest BCUT2D eigenvalue weighted by Gasteiger charge is -2.59. The molecule has 5 fully saturated rings. The van der Waals surface area contributed by atoms with E-state index in [4.69, 9.17) is 0 Å². The van der Waals surface area contributed by atoms with E-state index in [0.29, 0.717) is 0 Å². The molecule has 1 saturated heterocycles. The fourth-order valence-corrected chi connectivity index (χ4v) is 7.99. The summed E-state index contributed by atoms with van der Waals surface area (Å²) in [5, 5.41) is 0. The Bertz CT molecular complexity index is 613. The molecule has 6 aliphatic rings. The molecule has 4 bridgehead atoms. The lowest BCUT2D eigenvalue weighted by atomic mass is 9.53. The summed E-state index contributed by atoms with van der Waals surface area (Å²) < 4.78 is 0. The second kappa shape index (κ2) is 6.27. The number of hydrogen-bond acceptors (Lipinski definition) is 1. The Kier molecular flexibility index (Phi) is 4.17. The van der Waals surface area contributed by atoms with Crippen LogP contribution in [0.3, 0.4) is 0 Å². The number of rotatable bonds is 1. The zero-order chi connectivity index (χ0) is 15.7. The second-order valence-electron chi connectivity index (χ2n) is 9.81. The number of benzene rings is 1. The molecule has 1 nitrogen and oxygen atoms in total. The standard InChI is InChI=1S/C23H31N.ClH/c1-2-4-21-17(3-1)5-6-18-14-24(8-7-22(18)21)23-19-10-15-9-16(12-19)13-20(23)11-15;/h1-4,15-16,18-20,22-23H,5-14H2;1H/t15?,16?,18-,19?,20?,22+,23?;/m0./s1. The van der Waals surface area contributed by atoms with E-state index in [9.17, 15) is 0 Å². The molecule has 136 valence electrons. The van der Waals surface area contributed by atoms with Gasteiger partial charge in [0.05, 0.1) is 0 Å². The van der Waals surface area contributed by atoms with E-state index in [0.717, 1.165) is 41.5 Å². The van der Waals surface area contributed by atoms with Crippen molar-refractivity contribution in [2.24, 2.45) is 29.6 Å². The minimum atomic E-state index is 0. The molecule has 4 saturated carbocycles. The average Bonchev–Trinajstić information content (AvgIpc) is 2.60. The zero-order valence-electron chi connectivity index (χ0n) is 15.3. The molecule has 0 N–H and O–H groups in total. The van der Waals surface area contributed by atoms with Crippen LogP contribution in [0.5, 0.6) is 0 Å². The first-order valence-electron chi connectivity index (χ1n) is 10.7. The van der Waals surface area contributed by atoms with E-state index in [1.165, 1.54) is 32.4 Å². The monoisotopic (exact) mass is 357 g/mol. The van der Waals surface area contributed by atoms with Gasteiger partial charge in [-0.3, -0.25) is 4.90 Å². The first kappa shape index (κ1) is 16.6. The Balaban J connectivity index is 0.00000140. The van der Waals surface area contributed by atoms with E-state index in [2.05, 4.69) is 29.2 Å². The minimum Gasteiger partial charge on any atom is -0.300 e. The maximum atomic E-state index is 3.00. The Labute approximate surface area is 159 Å². The van der Waals surface area contributed by atoms with Gasteiger partial charge in [-0.05, 0) is 105 Å². The van der Waals surface area contributed by atoms with Crippen LogP contribution in [0.1, 0.15) is 62.0 Å². The smallest absolute Gasteiger partial charge is 0.0152 e. The summed E-state index contributed by atoms with van der Waals surface area (Å²) in [6, 6.07) is 10.3. The van der Waals surface area contributed by atoms with Crippen molar-refractivity contribution in [1.29, 1.82) is 0 Å². The van der Waals surface area contributed by atoms with Gasteiger partial charge in [0.15, 0.2) is 0 Å². The van der Waals surface area contributed by atoms with Gasteiger partial charge in [0, 0.05) is 12.6 Å². The molecule has 1 aromatic rings. The van der Waals surface area contributed by atoms with Gasteiger partial charge in [0.25, 0.3) is 0 Å².